The van der Waals surface area contributed by atoms with E-state index in [9.17, 15) is 0 Å². The molecule has 0 aliphatic heterocycles. The van der Waals surface area contributed by atoms with Gasteiger partial charge < -0.3 is 0 Å². The van der Waals surface area contributed by atoms with Crippen molar-refractivity contribution in [3.05, 3.63) is 0 Å². The van der Waals surface area contributed by atoms with Gasteiger partial charge in [-0.1, -0.05) is 130 Å². The van der Waals surface area contributed by atoms with E-state index >= 15 is 0 Å². The number of unbranched alkanes of at least 4 members (excludes halogenated alkanes) is 17. The average molecular weight is 399 g/mol. The summed E-state index contributed by atoms with van der Waals surface area (Å²) in [4.78, 5) is 0. The summed E-state index contributed by atoms with van der Waals surface area (Å²) in [6.45, 7) is 6.97. The van der Waals surface area contributed by atoms with Crippen molar-refractivity contribution in [3.63, 3.8) is 0 Å². The van der Waals surface area contributed by atoms with Gasteiger partial charge in [-0.25, -0.2) is 0 Å². The summed E-state index contributed by atoms with van der Waals surface area (Å²) < 4.78 is 0. The van der Waals surface area contributed by atoms with Crippen molar-refractivity contribution in [2.75, 3.05) is 18.5 Å². The fraction of sp³-hybridized carbons (Fsp3) is 1.00. The molecule has 0 radical (unpaired) electrons. The molecular weight excluding hydrogens is 343 g/mol. The van der Waals surface area contributed by atoms with E-state index in [1.807, 2.05) is 0 Å². The zero-order valence-corrected chi connectivity index (χ0v) is 20.6. The van der Waals surface area contributed by atoms with Crippen molar-refractivity contribution in [2.45, 2.75) is 149 Å². The highest BCUT2D eigenvalue weighted by Crippen LogP contribution is 2.39. The Hall–Kier alpha value is 0.430. The minimum atomic E-state index is 0.362. The summed E-state index contributed by atoms with van der Waals surface area (Å²) >= 11 is 0. The third-order valence-corrected chi connectivity index (χ3v) is 8.83. The van der Waals surface area contributed by atoms with E-state index < -0.39 is 0 Å². The van der Waals surface area contributed by atoms with Crippen LogP contribution in [0.3, 0.4) is 0 Å². The number of rotatable bonds is 23. The summed E-state index contributed by atoms with van der Waals surface area (Å²) in [7, 11) is 0.362. The van der Waals surface area contributed by atoms with E-state index in [0.717, 1.165) is 0 Å². The topological polar surface area (TPSA) is 0 Å². The third-order valence-electron chi connectivity index (χ3n) is 5.98. The standard InChI is InChI=1S/C26H55P/c1-4-7-10-13-15-17-19-22-25-27(24-21-12-9-6-3)26-23-20-18-16-14-11-8-5-2/h4-26H2,1-3H3. The van der Waals surface area contributed by atoms with Crippen LogP contribution in [0.25, 0.3) is 0 Å². The second-order valence-corrected chi connectivity index (χ2v) is 11.5. The van der Waals surface area contributed by atoms with Crippen LogP contribution in [0.15, 0.2) is 0 Å². The molecule has 0 bridgehead atoms. The van der Waals surface area contributed by atoms with Crippen LogP contribution in [0.4, 0.5) is 0 Å². The molecule has 0 aromatic rings. The summed E-state index contributed by atoms with van der Waals surface area (Å²) in [5, 5.41) is 0. The molecule has 0 atom stereocenters. The monoisotopic (exact) mass is 398 g/mol. The molecule has 0 aliphatic carbocycles. The third kappa shape index (κ3) is 22.6. The molecule has 0 saturated carbocycles. The molecule has 0 heterocycles. The van der Waals surface area contributed by atoms with Crippen molar-refractivity contribution in [1.82, 2.24) is 0 Å². The van der Waals surface area contributed by atoms with Crippen LogP contribution in [-0.4, -0.2) is 18.5 Å². The van der Waals surface area contributed by atoms with Gasteiger partial charge in [-0.15, -0.1) is 7.92 Å². The van der Waals surface area contributed by atoms with Crippen molar-refractivity contribution in [2.24, 2.45) is 0 Å². The first-order valence-corrected chi connectivity index (χ1v) is 15.0. The van der Waals surface area contributed by atoms with E-state index in [4.69, 9.17) is 0 Å². The highest BCUT2D eigenvalue weighted by molar-refractivity contribution is 7.57. The lowest BCUT2D eigenvalue weighted by Crippen LogP contribution is -1.97. The van der Waals surface area contributed by atoms with Gasteiger partial charge in [-0.3, -0.25) is 0 Å². The zero-order chi connectivity index (χ0) is 19.8. The largest absolute Gasteiger partial charge is 0.107 e. The van der Waals surface area contributed by atoms with Gasteiger partial charge in [0.05, 0.1) is 0 Å². The maximum Gasteiger partial charge on any atom is -0.0326 e. The molecule has 0 amide bonds. The maximum absolute atomic E-state index is 2.34. The second kappa shape index (κ2) is 24.5. The first-order valence-electron chi connectivity index (χ1n) is 13.1. The van der Waals surface area contributed by atoms with Gasteiger partial charge in [-0.05, 0) is 37.7 Å². The molecule has 0 nitrogen and oxygen atoms in total. The maximum atomic E-state index is 2.34. The lowest BCUT2D eigenvalue weighted by molar-refractivity contribution is 0.583. The lowest BCUT2D eigenvalue weighted by atomic mass is 10.1. The van der Waals surface area contributed by atoms with Crippen LogP contribution in [-0.2, 0) is 0 Å². The van der Waals surface area contributed by atoms with Crippen LogP contribution in [0.5, 0.6) is 0 Å². The Morgan fingerprint density at radius 2 is 0.519 bits per heavy atom. The number of hydrogen-bond donors (Lipinski definition) is 0. The van der Waals surface area contributed by atoms with Gasteiger partial charge in [0.25, 0.3) is 0 Å². The Bertz CT molecular complexity index is 231. The van der Waals surface area contributed by atoms with Crippen LogP contribution < -0.4 is 0 Å². The van der Waals surface area contributed by atoms with Crippen molar-refractivity contribution in [1.29, 1.82) is 0 Å². The van der Waals surface area contributed by atoms with Gasteiger partial charge in [0.2, 0.25) is 0 Å². The van der Waals surface area contributed by atoms with Crippen LogP contribution in [0.1, 0.15) is 149 Å². The first kappa shape index (κ1) is 27.4. The molecule has 0 spiro atoms. The number of hydrogen-bond acceptors (Lipinski definition) is 0. The normalized spacial score (nSPS) is 11.6. The minimum Gasteiger partial charge on any atom is -0.107 e. The van der Waals surface area contributed by atoms with Gasteiger partial charge in [0.15, 0.2) is 0 Å². The van der Waals surface area contributed by atoms with Crippen molar-refractivity contribution >= 4 is 7.92 Å². The Balaban J connectivity index is 3.70. The van der Waals surface area contributed by atoms with Crippen molar-refractivity contribution < 1.29 is 0 Å². The molecule has 0 aliphatic rings. The molecule has 27 heavy (non-hydrogen) atoms. The highest BCUT2D eigenvalue weighted by Gasteiger charge is 2.07. The molecule has 0 aromatic heterocycles. The predicted molar refractivity (Wildman–Crippen MR) is 131 cm³/mol. The molecule has 0 unspecified atom stereocenters. The predicted octanol–water partition coefficient (Wildman–Crippen LogP) is 10.3. The molecular formula is C26H55P. The van der Waals surface area contributed by atoms with Gasteiger partial charge in [0, 0.05) is 0 Å². The van der Waals surface area contributed by atoms with E-state index in [1.165, 1.54) is 128 Å². The van der Waals surface area contributed by atoms with Crippen LogP contribution in [0, 0.1) is 0 Å². The lowest BCUT2D eigenvalue weighted by Gasteiger charge is -2.18. The van der Waals surface area contributed by atoms with Gasteiger partial charge >= 0.3 is 0 Å². The fourth-order valence-corrected chi connectivity index (χ4v) is 6.72. The van der Waals surface area contributed by atoms with E-state index in [0.29, 0.717) is 7.92 Å². The van der Waals surface area contributed by atoms with Crippen LogP contribution >= 0.6 is 7.92 Å². The Labute approximate surface area is 175 Å². The molecule has 0 saturated heterocycles. The summed E-state index contributed by atoms with van der Waals surface area (Å²) in [5.74, 6) is 0. The second-order valence-electron chi connectivity index (χ2n) is 8.85. The molecule has 0 aromatic carbocycles. The fourth-order valence-electron chi connectivity index (χ4n) is 4.04. The van der Waals surface area contributed by atoms with E-state index in [2.05, 4.69) is 20.8 Å². The van der Waals surface area contributed by atoms with Crippen molar-refractivity contribution in [3.8, 4) is 0 Å². The molecule has 0 fully saturated rings. The minimum absolute atomic E-state index is 0.362. The Morgan fingerprint density at radius 1 is 0.296 bits per heavy atom. The highest BCUT2D eigenvalue weighted by atomic mass is 31.1. The first-order chi connectivity index (χ1) is 13.3. The Morgan fingerprint density at radius 3 is 0.815 bits per heavy atom. The molecule has 0 rings (SSSR count). The van der Waals surface area contributed by atoms with Crippen LogP contribution in [0.2, 0.25) is 0 Å². The SMILES string of the molecule is CCCCCCCCCCP(CCCCCC)CCCCCCCCCC. The summed E-state index contributed by atoms with van der Waals surface area (Å²) in [5.41, 5.74) is 0. The molecule has 0 N–H and O–H groups in total. The molecule has 164 valence electrons. The smallest absolute Gasteiger partial charge is 0.0326 e. The Kier molecular flexibility index (Phi) is 24.9. The summed E-state index contributed by atoms with van der Waals surface area (Å²) in [6.07, 6.45) is 34.2. The average Bonchev–Trinajstić information content (AvgIpc) is 2.68. The van der Waals surface area contributed by atoms with Gasteiger partial charge in [-0.2, -0.15) is 0 Å². The van der Waals surface area contributed by atoms with Gasteiger partial charge in [0.1, 0.15) is 0 Å². The molecule has 1 heteroatoms. The van der Waals surface area contributed by atoms with E-state index in [-0.39, 0.29) is 0 Å². The zero-order valence-electron chi connectivity index (χ0n) is 19.7. The quantitative estimate of drug-likeness (QED) is 0.119. The van der Waals surface area contributed by atoms with E-state index in [1.54, 1.807) is 18.5 Å². The summed E-state index contributed by atoms with van der Waals surface area (Å²) in [6, 6.07) is 0.